The number of nitrogens with two attached hydrogens (primary N) is 1. The second-order valence-corrected chi connectivity index (χ2v) is 7.00. The average molecular weight is 320 g/mol. The molecular weight excluding hydrogens is 292 g/mol. The molecule has 1 saturated heterocycles. The van der Waals surface area contributed by atoms with Crippen molar-refractivity contribution >= 4 is 6.09 Å². The number of carbonyl (C=O) groups excluding carboxylic acids is 1. The first-order valence-electron chi connectivity index (χ1n) is 8.24. The fourth-order valence-electron chi connectivity index (χ4n) is 2.70. The van der Waals surface area contributed by atoms with Gasteiger partial charge in [-0.2, -0.15) is 0 Å². The van der Waals surface area contributed by atoms with Crippen molar-refractivity contribution < 1.29 is 14.3 Å². The van der Waals surface area contributed by atoms with E-state index in [1.54, 1.807) is 4.90 Å². The highest BCUT2D eigenvalue weighted by atomic mass is 16.6. The minimum atomic E-state index is -0.506. The van der Waals surface area contributed by atoms with E-state index in [9.17, 15) is 4.79 Å². The minimum Gasteiger partial charge on any atom is -0.444 e. The van der Waals surface area contributed by atoms with E-state index in [4.69, 9.17) is 15.2 Å². The van der Waals surface area contributed by atoms with Gasteiger partial charge in [0.15, 0.2) is 0 Å². The lowest BCUT2D eigenvalue weighted by Crippen LogP contribution is -2.57. The Hall–Kier alpha value is -1.59. The number of ether oxygens (including phenoxy) is 2. The number of hydrogen-bond donors (Lipinski definition) is 1. The van der Waals surface area contributed by atoms with Gasteiger partial charge in [-0.3, -0.25) is 4.90 Å². The molecule has 0 spiro atoms. The second kappa shape index (κ2) is 7.79. The minimum absolute atomic E-state index is 0.136. The van der Waals surface area contributed by atoms with E-state index < -0.39 is 5.60 Å². The normalized spacial score (nSPS) is 20.2. The van der Waals surface area contributed by atoms with Crippen LogP contribution in [0.1, 0.15) is 32.8 Å². The molecule has 2 atom stereocenters. The lowest BCUT2D eigenvalue weighted by Gasteiger charge is -2.39. The first kappa shape index (κ1) is 17.8. The molecule has 2 unspecified atom stereocenters. The fraction of sp³-hybridized carbons (Fsp3) is 0.611. The largest absolute Gasteiger partial charge is 0.444 e. The molecule has 0 aliphatic carbocycles. The standard InChI is InChI=1S/C18H28N2O3/c1-18(2,3)23-17(21)20-11-12-22-13-16(20)15(19)10-9-14-7-5-4-6-8-14/h4-8,15-16H,9-13,19H2,1-3H3. The highest BCUT2D eigenvalue weighted by Gasteiger charge is 2.34. The summed E-state index contributed by atoms with van der Waals surface area (Å²) >= 11 is 0. The zero-order valence-corrected chi connectivity index (χ0v) is 14.3. The number of morpholine rings is 1. The van der Waals surface area contributed by atoms with Gasteiger partial charge in [0.05, 0.1) is 19.3 Å². The molecule has 0 aromatic heterocycles. The van der Waals surface area contributed by atoms with Crippen molar-refractivity contribution in [2.45, 2.75) is 51.3 Å². The van der Waals surface area contributed by atoms with Gasteiger partial charge in [-0.15, -0.1) is 0 Å². The summed E-state index contributed by atoms with van der Waals surface area (Å²) in [5, 5.41) is 0. The number of benzene rings is 1. The van der Waals surface area contributed by atoms with Crippen LogP contribution in [-0.2, 0) is 15.9 Å². The zero-order chi connectivity index (χ0) is 16.9. The predicted octanol–water partition coefficient (Wildman–Crippen LogP) is 2.58. The van der Waals surface area contributed by atoms with Crippen molar-refractivity contribution in [2.75, 3.05) is 19.8 Å². The average Bonchev–Trinajstić information content (AvgIpc) is 2.52. The van der Waals surface area contributed by atoms with E-state index in [-0.39, 0.29) is 18.2 Å². The van der Waals surface area contributed by atoms with Gasteiger partial charge in [0, 0.05) is 12.6 Å². The van der Waals surface area contributed by atoms with E-state index in [1.807, 2.05) is 39.0 Å². The molecule has 1 aromatic rings. The smallest absolute Gasteiger partial charge is 0.410 e. The van der Waals surface area contributed by atoms with Crippen LogP contribution in [0.15, 0.2) is 30.3 Å². The van der Waals surface area contributed by atoms with Gasteiger partial charge in [0.1, 0.15) is 5.60 Å². The molecule has 1 aliphatic rings. The van der Waals surface area contributed by atoms with Crippen LogP contribution in [0.3, 0.4) is 0 Å². The fourth-order valence-corrected chi connectivity index (χ4v) is 2.70. The van der Waals surface area contributed by atoms with Crippen molar-refractivity contribution in [3.8, 4) is 0 Å². The molecule has 1 aromatic carbocycles. The second-order valence-electron chi connectivity index (χ2n) is 7.00. The van der Waals surface area contributed by atoms with E-state index in [0.717, 1.165) is 12.8 Å². The van der Waals surface area contributed by atoms with Gasteiger partial charge in [-0.25, -0.2) is 4.79 Å². The van der Waals surface area contributed by atoms with Gasteiger partial charge in [0.2, 0.25) is 0 Å². The maximum atomic E-state index is 12.4. The summed E-state index contributed by atoms with van der Waals surface area (Å²) in [4.78, 5) is 14.1. The molecule has 0 saturated carbocycles. The first-order chi connectivity index (χ1) is 10.9. The summed E-state index contributed by atoms with van der Waals surface area (Å²) in [7, 11) is 0. The van der Waals surface area contributed by atoms with Gasteiger partial charge in [0.25, 0.3) is 0 Å². The lowest BCUT2D eigenvalue weighted by molar-refractivity contribution is -0.0384. The van der Waals surface area contributed by atoms with Crippen molar-refractivity contribution in [3.05, 3.63) is 35.9 Å². The molecule has 5 nitrogen and oxygen atoms in total. The third kappa shape index (κ3) is 5.52. The first-order valence-corrected chi connectivity index (χ1v) is 8.24. The Kier molecular flexibility index (Phi) is 6.02. The topological polar surface area (TPSA) is 64.8 Å². The van der Waals surface area contributed by atoms with Crippen molar-refractivity contribution in [1.29, 1.82) is 0 Å². The lowest BCUT2D eigenvalue weighted by atomic mass is 9.99. The van der Waals surface area contributed by atoms with Crippen molar-refractivity contribution in [1.82, 2.24) is 4.90 Å². The van der Waals surface area contributed by atoms with E-state index in [0.29, 0.717) is 19.8 Å². The quantitative estimate of drug-likeness (QED) is 0.926. The Morgan fingerprint density at radius 1 is 1.39 bits per heavy atom. The number of rotatable bonds is 4. The number of carbonyl (C=O) groups is 1. The molecule has 0 bridgehead atoms. The maximum absolute atomic E-state index is 12.4. The molecule has 2 N–H and O–H groups in total. The Morgan fingerprint density at radius 3 is 2.74 bits per heavy atom. The number of amides is 1. The monoisotopic (exact) mass is 320 g/mol. The summed E-state index contributed by atoms with van der Waals surface area (Å²) in [5.74, 6) is 0. The number of nitrogens with zero attached hydrogens (tertiary/aromatic N) is 1. The summed E-state index contributed by atoms with van der Waals surface area (Å²) in [6, 6.07) is 9.97. The third-order valence-electron chi connectivity index (χ3n) is 3.90. The Labute approximate surface area is 138 Å². The third-order valence-corrected chi connectivity index (χ3v) is 3.90. The van der Waals surface area contributed by atoms with Crippen molar-refractivity contribution in [3.63, 3.8) is 0 Å². The molecule has 0 radical (unpaired) electrons. The molecule has 23 heavy (non-hydrogen) atoms. The van der Waals surface area contributed by atoms with Gasteiger partial charge < -0.3 is 15.2 Å². The molecule has 128 valence electrons. The van der Waals surface area contributed by atoms with Gasteiger partial charge in [-0.1, -0.05) is 30.3 Å². The zero-order valence-electron chi connectivity index (χ0n) is 14.3. The van der Waals surface area contributed by atoms with Crippen LogP contribution in [0, 0.1) is 0 Å². The van der Waals surface area contributed by atoms with Crippen LogP contribution in [0.5, 0.6) is 0 Å². The summed E-state index contributed by atoms with van der Waals surface area (Å²) in [6.45, 7) is 7.13. The summed E-state index contributed by atoms with van der Waals surface area (Å²) < 4.78 is 11.0. The maximum Gasteiger partial charge on any atom is 0.410 e. The Morgan fingerprint density at radius 2 is 2.09 bits per heavy atom. The highest BCUT2D eigenvalue weighted by Crippen LogP contribution is 2.18. The number of aryl methyl sites for hydroxylation is 1. The van der Waals surface area contributed by atoms with Crippen molar-refractivity contribution in [2.24, 2.45) is 5.73 Å². The van der Waals surface area contributed by atoms with Crippen LogP contribution < -0.4 is 5.73 Å². The van der Waals surface area contributed by atoms with E-state index in [1.165, 1.54) is 5.56 Å². The Bertz CT molecular complexity index is 499. The van der Waals surface area contributed by atoms with Gasteiger partial charge in [-0.05, 0) is 39.2 Å². The van der Waals surface area contributed by atoms with E-state index >= 15 is 0 Å². The number of hydrogen-bond acceptors (Lipinski definition) is 4. The van der Waals surface area contributed by atoms with Crippen LogP contribution in [0.2, 0.25) is 0 Å². The van der Waals surface area contributed by atoms with Crippen LogP contribution in [0.4, 0.5) is 4.79 Å². The van der Waals surface area contributed by atoms with E-state index in [2.05, 4.69) is 12.1 Å². The molecule has 5 heteroatoms. The molecule has 1 aliphatic heterocycles. The van der Waals surface area contributed by atoms with Crippen LogP contribution >= 0.6 is 0 Å². The Balaban J connectivity index is 1.95. The highest BCUT2D eigenvalue weighted by molar-refractivity contribution is 5.68. The molecule has 1 heterocycles. The molecule has 2 rings (SSSR count). The molecule has 1 fully saturated rings. The molecule has 1 amide bonds. The summed E-state index contributed by atoms with van der Waals surface area (Å²) in [6.07, 6.45) is 1.39. The van der Waals surface area contributed by atoms with Crippen LogP contribution in [-0.4, -0.2) is 48.4 Å². The van der Waals surface area contributed by atoms with Gasteiger partial charge >= 0.3 is 6.09 Å². The predicted molar refractivity (Wildman–Crippen MR) is 90.3 cm³/mol. The van der Waals surface area contributed by atoms with Crippen LogP contribution in [0.25, 0.3) is 0 Å². The summed E-state index contributed by atoms with van der Waals surface area (Å²) in [5.41, 5.74) is 7.11. The SMILES string of the molecule is CC(C)(C)OC(=O)N1CCOCC1C(N)CCc1ccccc1. The molecular formula is C18H28N2O3.